The third-order valence-electron chi connectivity index (χ3n) is 2.22. The fraction of sp³-hybridized carbons (Fsp3) is 0. The molecule has 4 heteroatoms. The minimum absolute atomic E-state index is 0.715. The fourth-order valence-electron chi connectivity index (χ4n) is 1.46. The molecule has 0 radical (unpaired) electrons. The third-order valence-corrected chi connectivity index (χ3v) is 2.22. The summed E-state index contributed by atoms with van der Waals surface area (Å²) in [5.41, 5.74) is 1.78. The van der Waals surface area contributed by atoms with Gasteiger partial charge in [0.2, 0.25) is 0 Å². The van der Waals surface area contributed by atoms with E-state index in [0.717, 1.165) is 16.6 Å². The van der Waals surface area contributed by atoms with Crippen LogP contribution in [0.1, 0.15) is 0 Å². The van der Waals surface area contributed by atoms with Gasteiger partial charge in [-0.2, -0.15) is 5.10 Å². The molecule has 2 aromatic heterocycles. The summed E-state index contributed by atoms with van der Waals surface area (Å²) in [5.74, 6) is 0.715. The molecule has 15 heavy (non-hydrogen) atoms. The molecule has 72 valence electrons. The zero-order valence-electron chi connectivity index (χ0n) is 7.88. The number of nitrogens with one attached hydrogen (secondary N) is 1. The Hall–Kier alpha value is -2.23. The van der Waals surface area contributed by atoms with Gasteiger partial charge in [0.05, 0.1) is 11.6 Å². The first-order chi connectivity index (χ1) is 7.43. The summed E-state index contributed by atoms with van der Waals surface area (Å²) in [6, 6.07) is 9.87. The Kier molecular flexibility index (Phi) is 1.71. The first-order valence-electron chi connectivity index (χ1n) is 4.65. The van der Waals surface area contributed by atoms with Crippen LogP contribution in [0, 0.1) is 0 Å². The molecule has 0 bridgehead atoms. The average molecular weight is 196 g/mol. The normalized spacial score (nSPS) is 10.7. The van der Waals surface area contributed by atoms with Crippen LogP contribution in [0.25, 0.3) is 22.4 Å². The van der Waals surface area contributed by atoms with Gasteiger partial charge in [-0.15, -0.1) is 0 Å². The summed E-state index contributed by atoms with van der Waals surface area (Å²) >= 11 is 0. The number of H-pyrrole nitrogens is 1. The Balaban J connectivity index is 2.19. The van der Waals surface area contributed by atoms with Crippen LogP contribution in [-0.2, 0) is 0 Å². The summed E-state index contributed by atoms with van der Waals surface area (Å²) in [5, 5.41) is 7.66. The molecule has 3 aromatic rings. The maximum absolute atomic E-state index is 4.38. The van der Waals surface area contributed by atoms with Crippen molar-refractivity contribution in [2.75, 3.05) is 0 Å². The standard InChI is InChI=1S/C11H8N4/c1-2-4-8(5-3-1)10-12-6-9-7-13-15-11(9)14-10/h1-7H,(H,12,13,14,15). The lowest BCUT2D eigenvalue weighted by Gasteiger charge is -1.98. The van der Waals surface area contributed by atoms with Crippen molar-refractivity contribution in [3.63, 3.8) is 0 Å². The SMILES string of the molecule is c1ccc(-c2ncc3cn[nH]c3n2)cc1. The highest BCUT2D eigenvalue weighted by Crippen LogP contribution is 2.15. The van der Waals surface area contributed by atoms with Crippen LogP contribution in [0.15, 0.2) is 42.7 Å². The summed E-state index contributed by atoms with van der Waals surface area (Å²) in [6.45, 7) is 0. The summed E-state index contributed by atoms with van der Waals surface area (Å²) < 4.78 is 0. The van der Waals surface area contributed by atoms with E-state index in [0.29, 0.717) is 5.82 Å². The Morgan fingerprint density at radius 3 is 2.73 bits per heavy atom. The monoisotopic (exact) mass is 196 g/mol. The van der Waals surface area contributed by atoms with Crippen molar-refractivity contribution in [3.8, 4) is 11.4 Å². The Morgan fingerprint density at radius 1 is 1.00 bits per heavy atom. The zero-order chi connectivity index (χ0) is 10.1. The van der Waals surface area contributed by atoms with Crippen LogP contribution in [0.3, 0.4) is 0 Å². The van der Waals surface area contributed by atoms with Crippen LogP contribution < -0.4 is 0 Å². The molecule has 1 aromatic carbocycles. The molecule has 2 heterocycles. The zero-order valence-corrected chi connectivity index (χ0v) is 7.88. The molecular weight excluding hydrogens is 188 g/mol. The molecular formula is C11H8N4. The fourth-order valence-corrected chi connectivity index (χ4v) is 1.46. The number of benzene rings is 1. The second-order valence-corrected chi connectivity index (χ2v) is 3.23. The highest BCUT2D eigenvalue weighted by molar-refractivity contribution is 5.74. The number of aromatic amines is 1. The number of rotatable bonds is 1. The number of aromatic nitrogens is 4. The largest absolute Gasteiger partial charge is 0.261 e. The second-order valence-electron chi connectivity index (χ2n) is 3.23. The van der Waals surface area contributed by atoms with Gasteiger partial charge < -0.3 is 0 Å². The van der Waals surface area contributed by atoms with E-state index < -0.39 is 0 Å². The lowest BCUT2D eigenvalue weighted by atomic mass is 10.2. The van der Waals surface area contributed by atoms with Crippen LogP contribution in [-0.4, -0.2) is 20.2 Å². The highest BCUT2D eigenvalue weighted by atomic mass is 15.1. The van der Waals surface area contributed by atoms with E-state index in [1.165, 1.54) is 0 Å². The predicted molar refractivity (Wildman–Crippen MR) is 57.1 cm³/mol. The predicted octanol–water partition coefficient (Wildman–Crippen LogP) is 2.02. The van der Waals surface area contributed by atoms with E-state index in [-0.39, 0.29) is 0 Å². The number of hydrogen-bond donors (Lipinski definition) is 1. The Labute approximate surface area is 86.0 Å². The van der Waals surface area contributed by atoms with E-state index >= 15 is 0 Å². The van der Waals surface area contributed by atoms with Crippen molar-refractivity contribution >= 4 is 11.0 Å². The van der Waals surface area contributed by atoms with Crippen molar-refractivity contribution in [2.24, 2.45) is 0 Å². The summed E-state index contributed by atoms with van der Waals surface area (Å²) in [7, 11) is 0. The molecule has 0 spiro atoms. The molecule has 1 N–H and O–H groups in total. The van der Waals surface area contributed by atoms with Gasteiger partial charge in [0.15, 0.2) is 11.5 Å². The number of nitrogens with zero attached hydrogens (tertiary/aromatic N) is 3. The molecule has 0 aliphatic carbocycles. The molecule has 0 amide bonds. The van der Waals surface area contributed by atoms with Crippen molar-refractivity contribution in [3.05, 3.63) is 42.7 Å². The third kappa shape index (κ3) is 1.36. The van der Waals surface area contributed by atoms with Gasteiger partial charge in [0.1, 0.15) is 0 Å². The smallest absolute Gasteiger partial charge is 0.161 e. The Morgan fingerprint density at radius 2 is 1.87 bits per heavy atom. The van der Waals surface area contributed by atoms with Crippen LogP contribution >= 0.6 is 0 Å². The lowest BCUT2D eigenvalue weighted by Crippen LogP contribution is -1.88. The van der Waals surface area contributed by atoms with Crippen molar-refractivity contribution < 1.29 is 0 Å². The van der Waals surface area contributed by atoms with E-state index in [9.17, 15) is 0 Å². The molecule has 0 saturated heterocycles. The van der Waals surface area contributed by atoms with Crippen molar-refractivity contribution in [2.45, 2.75) is 0 Å². The summed E-state index contributed by atoms with van der Waals surface area (Å²) in [6.07, 6.45) is 3.48. The number of hydrogen-bond acceptors (Lipinski definition) is 3. The molecule has 0 aliphatic heterocycles. The molecule has 0 unspecified atom stereocenters. The minimum atomic E-state index is 0.715. The first kappa shape index (κ1) is 8.11. The number of fused-ring (bicyclic) bond motifs is 1. The second kappa shape index (κ2) is 3.16. The topological polar surface area (TPSA) is 54.5 Å². The van der Waals surface area contributed by atoms with Crippen molar-refractivity contribution in [1.29, 1.82) is 0 Å². The van der Waals surface area contributed by atoms with Gasteiger partial charge >= 0.3 is 0 Å². The molecule has 0 atom stereocenters. The maximum atomic E-state index is 4.38. The lowest BCUT2D eigenvalue weighted by molar-refractivity contribution is 1.09. The van der Waals surface area contributed by atoms with Crippen LogP contribution in [0.5, 0.6) is 0 Å². The van der Waals surface area contributed by atoms with E-state index in [1.807, 2.05) is 30.3 Å². The van der Waals surface area contributed by atoms with Gasteiger partial charge in [0.25, 0.3) is 0 Å². The molecule has 0 fully saturated rings. The first-order valence-corrected chi connectivity index (χ1v) is 4.65. The molecule has 3 rings (SSSR count). The van der Waals surface area contributed by atoms with Gasteiger partial charge in [0, 0.05) is 11.8 Å². The Bertz CT molecular complexity index is 586. The highest BCUT2D eigenvalue weighted by Gasteiger charge is 2.02. The molecule has 0 aliphatic rings. The average Bonchev–Trinajstić information content (AvgIpc) is 2.77. The van der Waals surface area contributed by atoms with Crippen LogP contribution in [0.2, 0.25) is 0 Å². The van der Waals surface area contributed by atoms with Gasteiger partial charge in [-0.05, 0) is 0 Å². The summed E-state index contributed by atoms with van der Waals surface area (Å²) in [4.78, 5) is 8.65. The van der Waals surface area contributed by atoms with Gasteiger partial charge in [-0.25, -0.2) is 9.97 Å². The van der Waals surface area contributed by atoms with E-state index in [1.54, 1.807) is 12.4 Å². The minimum Gasteiger partial charge on any atom is -0.261 e. The van der Waals surface area contributed by atoms with Gasteiger partial charge in [-0.1, -0.05) is 30.3 Å². The van der Waals surface area contributed by atoms with Crippen LogP contribution in [0.4, 0.5) is 0 Å². The van der Waals surface area contributed by atoms with E-state index in [4.69, 9.17) is 0 Å². The van der Waals surface area contributed by atoms with Gasteiger partial charge in [-0.3, -0.25) is 5.10 Å². The quantitative estimate of drug-likeness (QED) is 0.647. The molecule has 0 saturated carbocycles. The molecule has 4 nitrogen and oxygen atoms in total. The van der Waals surface area contributed by atoms with Crippen molar-refractivity contribution in [1.82, 2.24) is 20.2 Å². The van der Waals surface area contributed by atoms with E-state index in [2.05, 4.69) is 20.2 Å². The maximum Gasteiger partial charge on any atom is 0.161 e.